The summed E-state index contributed by atoms with van der Waals surface area (Å²) in [4.78, 5) is 23.7. The summed E-state index contributed by atoms with van der Waals surface area (Å²) in [5.74, 6) is -1.60. The van der Waals surface area contributed by atoms with Crippen molar-refractivity contribution in [2.24, 2.45) is 0 Å². The molecule has 0 aliphatic heterocycles. The Bertz CT molecular complexity index is 816. The number of aromatic nitrogens is 2. The average molecular weight is 385 g/mol. The van der Waals surface area contributed by atoms with Gasteiger partial charge in [0, 0.05) is 11.6 Å². The molecule has 1 aromatic carbocycles. The molecule has 0 fully saturated rings. The molecule has 1 unspecified atom stereocenters. The first-order valence-electron chi connectivity index (χ1n) is 8.03. The lowest BCUT2D eigenvalue weighted by Crippen LogP contribution is -2.34. The molecule has 2 aromatic rings. The van der Waals surface area contributed by atoms with Crippen LogP contribution in [0.15, 0.2) is 30.5 Å². The first kappa shape index (κ1) is 20.4. The minimum Gasteiger partial charge on any atom is -0.462 e. The number of nitrogens with zero attached hydrogens (tertiary/aromatic N) is 2. The summed E-state index contributed by atoms with van der Waals surface area (Å²) < 4.78 is 45.6. The lowest BCUT2D eigenvalue weighted by atomic mass is 10.1. The molecule has 1 atom stereocenters. The van der Waals surface area contributed by atoms with Gasteiger partial charge in [-0.1, -0.05) is 0 Å². The monoisotopic (exact) mass is 385 g/mol. The van der Waals surface area contributed by atoms with Crippen molar-refractivity contribution in [1.82, 2.24) is 15.1 Å². The number of esters is 1. The van der Waals surface area contributed by atoms with Gasteiger partial charge in [0.15, 0.2) is 5.69 Å². The number of aliphatic hydroxyl groups excluding tert-OH is 1. The fourth-order valence-electron chi connectivity index (χ4n) is 2.28. The highest BCUT2D eigenvalue weighted by atomic mass is 19.4. The van der Waals surface area contributed by atoms with Gasteiger partial charge in [-0.3, -0.25) is 4.79 Å². The number of ether oxygens (including phenoxy) is 1. The molecule has 10 heteroatoms. The van der Waals surface area contributed by atoms with E-state index in [2.05, 4.69) is 15.2 Å². The highest BCUT2D eigenvalue weighted by molar-refractivity contribution is 5.94. The van der Waals surface area contributed by atoms with Crippen LogP contribution >= 0.6 is 0 Å². The second-order valence-corrected chi connectivity index (χ2v) is 5.64. The number of rotatable bonds is 6. The van der Waals surface area contributed by atoms with Gasteiger partial charge in [0.25, 0.3) is 5.91 Å². The Morgan fingerprint density at radius 3 is 2.44 bits per heavy atom. The first-order valence-corrected chi connectivity index (χ1v) is 8.03. The van der Waals surface area contributed by atoms with Gasteiger partial charge in [-0.25, -0.2) is 9.48 Å². The fraction of sp³-hybridized carbons (Fsp3) is 0.353. The van der Waals surface area contributed by atoms with Crippen molar-refractivity contribution in [1.29, 1.82) is 0 Å². The molecule has 1 aromatic heterocycles. The third-order valence-electron chi connectivity index (χ3n) is 3.56. The van der Waals surface area contributed by atoms with E-state index in [1.807, 2.05) is 0 Å². The number of amides is 1. The van der Waals surface area contributed by atoms with Crippen molar-refractivity contribution in [2.75, 3.05) is 13.2 Å². The average Bonchev–Trinajstić information content (AvgIpc) is 3.07. The normalized spacial score (nSPS) is 12.5. The minimum absolute atomic E-state index is 0.0182. The number of carbonyl (C=O) groups excluding carboxylic acids is 2. The van der Waals surface area contributed by atoms with Crippen molar-refractivity contribution < 1.29 is 32.6 Å². The van der Waals surface area contributed by atoms with Crippen LogP contribution in [0.4, 0.5) is 13.2 Å². The standard InChI is InChI=1S/C17H18F3N3O4/c1-3-27-16(26)13-8-21-23(14(13)17(18,19)20)12-6-4-11(5-7-12)15(25)22-10(2)9-24/h4-8,10,24H,3,9H2,1-2H3,(H,22,25). The quantitative estimate of drug-likeness (QED) is 0.744. The maximum Gasteiger partial charge on any atom is 0.434 e. The Labute approximate surface area is 152 Å². The third-order valence-corrected chi connectivity index (χ3v) is 3.56. The summed E-state index contributed by atoms with van der Waals surface area (Å²) in [6, 6.07) is 4.72. The van der Waals surface area contributed by atoms with Gasteiger partial charge < -0.3 is 15.2 Å². The first-order chi connectivity index (χ1) is 12.7. The van der Waals surface area contributed by atoms with Gasteiger partial charge in [0.1, 0.15) is 5.56 Å². The maximum atomic E-state index is 13.5. The lowest BCUT2D eigenvalue weighted by Gasteiger charge is -2.13. The second kappa shape index (κ2) is 8.21. The molecule has 2 rings (SSSR count). The van der Waals surface area contributed by atoms with Crippen molar-refractivity contribution in [3.63, 3.8) is 0 Å². The third kappa shape index (κ3) is 4.64. The van der Waals surface area contributed by atoms with Gasteiger partial charge in [-0.2, -0.15) is 18.3 Å². The van der Waals surface area contributed by atoms with Gasteiger partial charge in [-0.05, 0) is 38.1 Å². The van der Waals surface area contributed by atoms with E-state index in [-0.39, 0.29) is 24.5 Å². The van der Waals surface area contributed by atoms with Crippen LogP contribution in [0.1, 0.15) is 40.3 Å². The highest BCUT2D eigenvalue weighted by Crippen LogP contribution is 2.34. The zero-order valence-corrected chi connectivity index (χ0v) is 14.6. The Kier molecular flexibility index (Phi) is 6.21. The van der Waals surface area contributed by atoms with E-state index >= 15 is 0 Å². The van der Waals surface area contributed by atoms with E-state index in [1.54, 1.807) is 6.92 Å². The zero-order chi connectivity index (χ0) is 20.2. The Morgan fingerprint density at radius 1 is 1.30 bits per heavy atom. The van der Waals surface area contributed by atoms with E-state index in [0.29, 0.717) is 4.68 Å². The maximum absolute atomic E-state index is 13.5. The van der Waals surface area contributed by atoms with E-state index in [9.17, 15) is 22.8 Å². The number of carbonyl (C=O) groups is 2. The van der Waals surface area contributed by atoms with Crippen molar-refractivity contribution in [3.8, 4) is 5.69 Å². The molecule has 2 N–H and O–H groups in total. The molecule has 27 heavy (non-hydrogen) atoms. The van der Waals surface area contributed by atoms with Crippen molar-refractivity contribution >= 4 is 11.9 Å². The predicted octanol–water partition coefficient (Wildman–Crippen LogP) is 2.18. The highest BCUT2D eigenvalue weighted by Gasteiger charge is 2.41. The molecule has 0 bridgehead atoms. The smallest absolute Gasteiger partial charge is 0.434 e. The molecule has 0 aliphatic rings. The Morgan fingerprint density at radius 2 is 1.93 bits per heavy atom. The van der Waals surface area contributed by atoms with Crippen molar-refractivity contribution in [2.45, 2.75) is 26.1 Å². The van der Waals surface area contributed by atoms with Gasteiger partial charge in [0.05, 0.1) is 25.1 Å². The van der Waals surface area contributed by atoms with Crippen LogP contribution in [0.3, 0.4) is 0 Å². The van der Waals surface area contributed by atoms with Crippen LogP contribution < -0.4 is 5.32 Å². The van der Waals surface area contributed by atoms with Gasteiger partial charge >= 0.3 is 12.1 Å². The fourth-order valence-corrected chi connectivity index (χ4v) is 2.28. The van der Waals surface area contributed by atoms with Crippen LogP contribution in [0.2, 0.25) is 0 Å². The van der Waals surface area contributed by atoms with Crippen LogP contribution in [-0.2, 0) is 10.9 Å². The number of hydrogen-bond acceptors (Lipinski definition) is 5. The van der Waals surface area contributed by atoms with Crippen LogP contribution in [0.25, 0.3) is 5.69 Å². The number of nitrogens with one attached hydrogen (secondary N) is 1. The molecule has 1 amide bonds. The number of benzene rings is 1. The molecule has 1 heterocycles. The van der Waals surface area contributed by atoms with Gasteiger partial charge in [0.2, 0.25) is 0 Å². The number of aliphatic hydroxyl groups is 1. The molecular formula is C17H18F3N3O4. The van der Waals surface area contributed by atoms with E-state index in [0.717, 1.165) is 6.20 Å². The van der Waals surface area contributed by atoms with E-state index in [1.165, 1.54) is 31.2 Å². The van der Waals surface area contributed by atoms with Crippen LogP contribution in [-0.4, -0.2) is 46.0 Å². The molecule has 146 valence electrons. The van der Waals surface area contributed by atoms with Crippen LogP contribution in [0, 0.1) is 0 Å². The summed E-state index contributed by atoms with van der Waals surface area (Å²) in [5.41, 5.74) is -1.73. The topological polar surface area (TPSA) is 93.5 Å². The number of alkyl halides is 3. The SMILES string of the molecule is CCOC(=O)c1cnn(-c2ccc(C(=O)NC(C)CO)cc2)c1C(F)(F)F. The second-order valence-electron chi connectivity index (χ2n) is 5.64. The summed E-state index contributed by atoms with van der Waals surface area (Å²) >= 11 is 0. The molecule has 7 nitrogen and oxygen atoms in total. The van der Waals surface area contributed by atoms with Crippen LogP contribution in [0.5, 0.6) is 0 Å². The number of hydrogen-bond donors (Lipinski definition) is 2. The molecule has 0 spiro atoms. The summed E-state index contributed by atoms with van der Waals surface area (Å²) in [5, 5.41) is 15.1. The Balaban J connectivity index is 2.38. The van der Waals surface area contributed by atoms with E-state index in [4.69, 9.17) is 5.11 Å². The molecule has 0 saturated carbocycles. The minimum atomic E-state index is -4.84. The predicted molar refractivity (Wildman–Crippen MR) is 88.5 cm³/mol. The molecular weight excluding hydrogens is 367 g/mol. The van der Waals surface area contributed by atoms with Crippen molar-refractivity contribution in [3.05, 3.63) is 47.3 Å². The molecule has 0 radical (unpaired) electrons. The Hall–Kier alpha value is -2.88. The summed E-state index contributed by atoms with van der Waals surface area (Å²) in [7, 11) is 0. The zero-order valence-electron chi connectivity index (χ0n) is 14.6. The largest absolute Gasteiger partial charge is 0.462 e. The molecule has 0 saturated heterocycles. The number of halogens is 3. The lowest BCUT2D eigenvalue weighted by molar-refractivity contribution is -0.143. The summed E-state index contributed by atoms with van der Waals surface area (Å²) in [6.07, 6.45) is -4.05. The van der Waals surface area contributed by atoms with E-state index < -0.39 is 35.4 Å². The van der Waals surface area contributed by atoms with Gasteiger partial charge in [-0.15, -0.1) is 0 Å². The molecule has 0 aliphatic carbocycles. The summed E-state index contributed by atoms with van der Waals surface area (Å²) in [6.45, 7) is 2.76.